The van der Waals surface area contributed by atoms with Gasteiger partial charge in [0.15, 0.2) is 0 Å². The molecule has 1 rings (SSSR count). The number of ether oxygens (including phenoxy) is 1. The third-order valence-electron chi connectivity index (χ3n) is 2.41. The fourth-order valence-electron chi connectivity index (χ4n) is 1.39. The van der Waals surface area contributed by atoms with Gasteiger partial charge in [0.25, 0.3) is 0 Å². The Balaban J connectivity index is 2.29. The van der Waals surface area contributed by atoms with E-state index in [2.05, 4.69) is 28.2 Å². The second-order valence-electron chi connectivity index (χ2n) is 4.09. The summed E-state index contributed by atoms with van der Waals surface area (Å²) in [6, 6.07) is 5.56. The third-order valence-corrected chi connectivity index (χ3v) is 3.23. The van der Waals surface area contributed by atoms with Gasteiger partial charge in [0, 0.05) is 17.6 Å². The molecule has 1 atom stereocenters. The zero-order valence-corrected chi connectivity index (χ0v) is 12.8. The first-order chi connectivity index (χ1) is 8.63. The summed E-state index contributed by atoms with van der Waals surface area (Å²) in [6.45, 7) is 3.57. The summed E-state index contributed by atoms with van der Waals surface area (Å²) in [4.78, 5) is 0. The highest BCUT2D eigenvalue weighted by molar-refractivity contribution is 9.10. The Labute approximate surface area is 122 Å². The van der Waals surface area contributed by atoms with Gasteiger partial charge in [0.1, 0.15) is 0 Å². The molecule has 0 bridgehead atoms. The van der Waals surface area contributed by atoms with Gasteiger partial charge in [-0.1, -0.05) is 40.9 Å². The van der Waals surface area contributed by atoms with Crippen molar-refractivity contribution in [2.75, 3.05) is 25.1 Å². The smallest absolute Gasteiger partial charge is 0.0945 e. The molecule has 0 aromatic heterocycles. The first kappa shape index (κ1) is 15.8. The number of benzene rings is 1. The monoisotopic (exact) mass is 335 g/mol. The molecule has 0 radical (unpaired) electrons. The number of halogens is 2. The topological polar surface area (TPSA) is 41.5 Å². The summed E-state index contributed by atoms with van der Waals surface area (Å²) < 4.78 is 6.29. The van der Waals surface area contributed by atoms with Crippen molar-refractivity contribution in [3.05, 3.63) is 27.7 Å². The number of aliphatic hydroxyl groups is 1. The molecule has 3 nitrogen and oxygen atoms in total. The zero-order chi connectivity index (χ0) is 13.4. The second-order valence-corrected chi connectivity index (χ2v) is 5.41. The minimum absolute atomic E-state index is 0.346. The maximum absolute atomic E-state index is 9.73. The molecule has 0 amide bonds. The van der Waals surface area contributed by atoms with E-state index < -0.39 is 6.10 Å². The van der Waals surface area contributed by atoms with Crippen molar-refractivity contribution < 1.29 is 9.84 Å². The molecular weight excluding hydrogens is 318 g/mol. The number of hydrogen-bond donors (Lipinski definition) is 2. The van der Waals surface area contributed by atoms with Crippen molar-refractivity contribution >= 4 is 33.2 Å². The molecular formula is C13H19BrClNO2. The molecule has 5 heteroatoms. The van der Waals surface area contributed by atoms with Crippen LogP contribution in [0.3, 0.4) is 0 Å². The lowest BCUT2D eigenvalue weighted by Crippen LogP contribution is -2.25. The first-order valence-corrected chi connectivity index (χ1v) is 7.25. The second kappa shape index (κ2) is 8.75. The van der Waals surface area contributed by atoms with Gasteiger partial charge in [-0.2, -0.15) is 0 Å². The molecule has 0 aliphatic rings. The number of unbranched alkanes of at least 4 members (excludes halogenated alkanes) is 1. The lowest BCUT2D eigenvalue weighted by Gasteiger charge is -2.14. The minimum atomic E-state index is -0.531. The maximum Gasteiger partial charge on any atom is 0.0945 e. The van der Waals surface area contributed by atoms with Crippen LogP contribution in [0.15, 0.2) is 22.7 Å². The van der Waals surface area contributed by atoms with Crippen molar-refractivity contribution in [2.24, 2.45) is 0 Å². The molecule has 2 N–H and O–H groups in total. The Hall–Kier alpha value is -0.290. The molecule has 18 heavy (non-hydrogen) atoms. The molecule has 0 saturated carbocycles. The Morgan fingerprint density at radius 1 is 1.50 bits per heavy atom. The van der Waals surface area contributed by atoms with Gasteiger partial charge in [-0.05, 0) is 24.6 Å². The average molecular weight is 337 g/mol. The van der Waals surface area contributed by atoms with E-state index in [1.165, 1.54) is 0 Å². The summed E-state index contributed by atoms with van der Waals surface area (Å²) >= 11 is 9.41. The highest BCUT2D eigenvalue weighted by atomic mass is 79.9. The normalized spacial score (nSPS) is 12.4. The number of aliphatic hydroxyl groups excluding tert-OH is 1. The van der Waals surface area contributed by atoms with Crippen LogP contribution < -0.4 is 5.32 Å². The lowest BCUT2D eigenvalue weighted by atomic mass is 10.3. The van der Waals surface area contributed by atoms with Crippen molar-refractivity contribution in [3.63, 3.8) is 0 Å². The highest BCUT2D eigenvalue weighted by Crippen LogP contribution is 2.25. The molecule has 0 aliphatic carbocycles. The Morgan fingerprint density at radius 2 is 2.28 bits per heavy atom. The predicted molar refractivity (Wildman–Crippen MR) is 79.4 cm³/mol. The van der Waals surface area contributed by atoms with E-state index in [-0.39, 0.29) is 0 Å². The van der Waals surface area contributed by atoms with Gasteiger partial charge in [-0.15, -0.1) is 0 Å². The number of rotatable bonds is 8. The molecule has 0 spiro atoms. The zero-order valence-electron chi connectivity index (χ0n) is 10.5. The van der Waals surface area contributed by atoms with E-state index in [4.69, 9.17) is 16.3 Å². The van der Waals surface area contributed by atoms with Gasteiger partial charge in [0.05, 0.1) is 23.4 Å². The van der Waals surface area contributed by atoms with Crippen molar-refractivity contribution in [3.8, 4) is 0 Å². The molecule has 0 fully saturated rings. The summed E-state index contributed by atoms with van der Waals surface area (Å²) in [6.07, 6.45) is 1.59. The molecule has 0 heterocycles. The van der Waals surface area contributed by atoms with E-state index in [0.717, 1.165) is 23.0 Å². The molecule has 0 saturated heterocycles. The summed E-state index contributed by atoms with van der Waals surface area (Å²) in [5.74, 6) is 0. The fourth-order valence-corrected chi connectivity index (χ4v) is 1.93. The van der Waals surface area contributed by atoms with Gasteiger partial charge >= 0.3 is 0 Å². The average Bonchev–Trinajstić information content (AvgIpc) is 2.36. The fraction of sp³-hybridized carbons (Fsp3) is 0.538. The van der Waals surface area contributed by atoms with E-state index >= 15 is 0 Å². The maximum atomic E-state index is 9.73. The van der Waals surface area contributed by atoms with Crippen LogP contribution in [0.1, 0.15) is 19.8 Å². The summed E-state index contributed by atoms with van der Waals surface area (Å²) in [5, 5.41) is 13.5. The number of nitrogens with one attached hydrogen (secondary N) is 1. The Morgan fingerprint density at radius 3 is 3.00 bits per heavy atom. The number of anilines is 1. The third kappa shape index (κ3) is 6.05. The van der Waals surface area contributed by atoms with Crippen LogP contribution in [0.5, 0.6) is 0 Å². The van der Waals surface area contributed by atoms with E-state index in [1.54, 1.807) is 6.07 Å². The van der Waals surface area contributed by atoms with Gasteiger partial charge in [-0.3, -0.25) is 0 Å². The lowest BCUT2D eigenvalue weighted by molar-refractivity contribution is 0.0422. The van der Waals surface area contributed by atoms with Crippen LogP contribution in [-0.2, 0) is 4.74 Å². The minimum Gasteiger partial charge on any atom is -0.389 e. The van der Waals surface area contributed by atoms with Gasteiger partial charge in [-0.25, -0.2) is 0 Å². The van der Waals surface area contributed by atoms with Crippen LogP contribution >= 0.6 is 27.5 Å². The van der Waals surface area contributed by atoms with E-state index in [1.807, 2.05) is 12.1 Å². The van der Waals surface area contributed by atoms with Crippen molar-refractivity contribution in [1.29, 1.82) is 0 Å². The van der Waals surface area contributed by atoms with Crippen LogP contribution in [-0.4, -0.2) is 31.0 Å². The standard InChI is InChI=1S/C13H19BrClNO2/c1-2-3-6-18-9-11(17)8-16-13-7-10(14)4-5-12(13)15/h4-5,7,11,16-17H,2-3,6,8-9H2,1H3. The van der Waals surface area contributed by atoms with Crippen molar-refractivity contribution in [1.82, 2.24) is 0 Å². The van der Waals surface area contributed by atoms with Gasteiger partial charge < -0.3 is 15.2 Å². The van der Waals surface area contributed by atoms with E-state index in [9.17, 15) is 5.11 Å². The van der Waals surface area contributed by atoms with Crippen LogP contribution in [0.2, 0.25) is 5.02 Å². The summed E-state index contributed by atoms with van der Waals surface area (Å²) in [5.41, 5.74) is 0.804. The SMILES string of the molecule is CCCCOCC(O)CNc1cc(Br)ccc1Cl. The van der Waals surface area contributed by atoms with Crippen LogP contribution in [0, 0.1) is 0 Å². The quantitative estimate of drug-likeness (QED) is 0.711. The summed E-state index contributed by atoms with van der Waals surface area (Å²) in [7, 11) is 0. The van der Waals surface area contributed by atoms with Gasteiger partial charge in [0.2, 0.25) is 0 Å². The largest absolute Gasteiger partial charge is 0.389 e. The Kier molecular flexibility index (Phi) is 7.66. The van der Waals surface area contributed by atoms with Crippen LogP contribution in [0.4, 0.5) is 5.69 Å². The number of hydrogen-bond acceptors (Lipinski definition) is 3. The molecule has 1 unspecified atom stereocenters. The van der Waals surface area contributed by atoms with Crippen molar-refractivity contribution in [2.45, 2.75) is 25.9 Å². The van der Waals surface area contributed by atoms with E-state index in [0.29, 0.717) is 24.8 Å². The highest BCUT2D eigenvalue weighted by Gasteiger charge is 2.06. The molecule has 0 aliphatic heterocycles. The first-order valence-electron chi connectivity index (χ1n) is 6.08. The molecule has 1 aromatic rings. The van der Waals surface area contributed by atoms with Crippen LogP contribution in [0.25, 0.3) is 0 Å². The Bertz CT molecular complexity index is 363. The predicted octanol–water partition coefficient (Wildman–Crippen LogP) is 3.69. The molecule has 102 valence electrons. The molecule has 1 aromatic carbocycles.